The molecule has 0 saturated heterocycles. The average Bonchev–Trinajstić information content (AvgIpc) is 2.65. The summed E-state index contributed by atoms with van der Waals surface area (Å²) < 4.78 is 38.4. The Hall–Kier alpha value is -1.99. The maximum Gasteiger partial charge on any atom is 0.416 e. The van der Waals surface area contributed by atoms with Crippen molar-refractivity contribution in [3.63, 3.8) is 0 Å². The first-order valence-electron chi connectivity index (χ1n) is 8.49. The number of halogens is 4. The molecule has 28 heavy (non-hydrogen) atoms. The fourth-order valence-electron chi connectivity index (χ4n) is 2.30. The van der Waals surface area contributed by atoms with Gasteiger partial charge in [0, 0.05) is 24.1 Å². The minimum atomic E-state index is -4.41. The molecule has 0 spiro atoms. The van der Waals surface area contributed by atoms with Gasteiger partial charge in [0.1, 0.15) is 0 Å². The van der Waals surface area contributed by atoms with Crippen LogP contribution in [-0.4, -0.2) is 36.4 Å². The number of alkyl halides is 3. The van der Waals surface area contributed by atoms with Gasteiger partial charge in [0.2, 0.25) is 0 Å². The summed E-state index contributed by atoms with van der Waals surface area (Å²) in [6.45, 7) is 4.56. The number of Topliss-reactive ketones (excluding diaryl/α,β-unsaturated/α-hetero) is 1. The molecule has 0 bridgehead atoms. The van der Waals surface area contributed by atoms with Crippen molar-refractivity contribution in [3.05, 3.63) is 58.1 Å². The minimum Gasteiger partial charge on any atom is -0.366 e. The topological polar surface area (TPSA) is 32.7 Å². The predicted octanol–water partition coefficient (Wildman–Crippen LogP) is 6.25. The molecule has 0 atom stereocenters. The molecular weight excluding hydrogens is 409 g/mol. The van der Waals surface area contributed by atoms with E-state index in [0.717, 1.165) is 30.4 Å². The Bertz CT molecular complexity index is 884. The first-order valence-corrected chi connectivity index (χ1v) is 9.86. The second-order valence-electron chi connectivity index (χ2n) is 6.17. The summed E-state index contributed by atoms with van der Waals surface area (Å²) in [6, 6.07) is 8.22. The zero-order valence-electron chi connectivity index (χ0n) is 15.7. The maximum atomic E-state index is 12.8. The van der Waals surface area contributed by atoms with Gasteiger partial charge in [-0.2, -0.15) is 13.2 Å². The van der Waals surface area contributed by atoms with Crippen molar-refractivity contribution in [2.75, 3.05) is 19.3 Å². The average molecular weight is 429 g/mol. The number of hydrogen-bond acceptors (Lipinski definition) is 3. The van der Waals surface area contributed by atoms with Gasteiger partial charge in [0.25, 0.3) is 0 Å². The normalized spacial score (nSPS) is 11.8. The third-order valence-electron chi connectivity index (χ3n) is 4.02. The number of hydrogen-bond donors (Lipinski definition) is 0. The molecule has 0 aromatic heterocycles. The van der Waals surface area contributed by atoms with Gasteiger partial charge in [-0.1, -0.05) is 17.7 Å². The molecule has 0 aliphatic rings. The Balaban J connectivity index is 2.13. The second-order valence-corrected chi connectivity index (χ2v) is 7.63. The van der Waals surface area contributed by atoms with Crippen LogP contribution in [0.15, 0.2) is 46.3 Å². The zero-order chi connectivity index (χ0) is 20.9. The van der Waals surface area contributed by atoms with E-state index in [2.05, 4.69) is 4.99 Å². The lowest BCUT2D eigenvalue weighted by atomic mass is 10.0. The van der Waals surface area contributed by atoms with Crippen molar-refractivity contribution in [2.45, 2.75) is 24.9 Å². The predicted molar refractivity (Wildman–Crippen MR) is 109 cm³/mol. The van der Waals surface area contributed by atoms with Crippen LogP contribution < -0.4 is 0 Å². The quantitative estimate of drug-likeness (QED) is 0.226. The number of benzene rings is 2. The third kappa shape index (κ3) is 6.01. The van der Waals surface area contributed by atoms with Gasteiger partial charge >= 0.3 is 6.18 Å². The molecule has 2 rings (SSSR count). The number of ketones is 1. The van der Waals surface area contributed by atoms with Crippen LogP contribution in [0, 0.1) is 6.92 Å². The van der Waals surface area contributed by atoms with Crippen LogP contribution >= 0.6 is 23.4 Å². The zero-order valence-corrected chi connectivity index (χ0v) is 17.3. The van der Waals surface area contributed by atoms with Gasteiger partial charge < -0.3 is 4.90 Å². The molecule has 0 amide bonds. The van der Waals surface area contributed by atoms with Crippen LogP contribution in [0.25, 0.3) is 0 Å². The van der Waals surface area contributed by atoms with E-state index < -0.39 is 11.7 Å². The molecule has 0 unspecified atom stereocenters. The largest absolute Gasteiger partial charge is 0.416 e. The van der Waals surface area contributed by atoms with Crippen molar-refractivity contribution >= 4 is 41.2 Å². The van der Waals surface area contributed by atoms with E-state index in [4.69, 9.17) is 11.6 Å². The van der Waals surface area contributed by atoms with E-state index in [1.807, 2.05) is 18.9 Å². The molecule has 2 aromatic rings. The minimum absolute atomic E-state index is 0.0136. The van der Waals surface area contributed by atoms with Gasteiger partial charge in [-0.3, -0.25) is 4.79 Å². The monoisotopic (exact) mass is 428 g/mol. The van der Waals surface area contributed by atoms with E-state index in [1.54, 1.807) is 31.5 Å². The molecule has 0 aliphatic carbocycles. The summed E-state index contributed by atoms with van der Waals surface area (Å²) in [5, 5.41) is 0.346. The highest BCUT2D eigenvalue weighted by atomic mass is 35.5. The number of carbonyl (C=O) groups excluding carboxylic acids is 1. The maximum absolute atomic E-state index is 12.8. The molecule has 0 saturated carbocycles. The van der Waals surface area contributed by atoms with Gasteiger partial charge in [0.05, 0.1) is 28.4 Å². The number of nitrogens with zero attached hydrogens (tertiary/aromatic N) is 2. The van der Waals surface area contributed by atoms with E-state index in [9.17, 15) is 18.0 Å². The molecule has 0 aliphatic heterocycles. The Morgan fingerprint density at radius 2 is 2.00 bits per heavy atom. The fourth-order valence-corrected chi connectivity index (χ4v) is 3.35. The second kappa shape index (κ2) is 9.47. The summed E-state index contributed by atoms with van der Waals surface area (Å²) in [5.74, 6) is -0.192. The molecule has 2 aromatic carbocycles. The van der Waals surface area contributed by atoms with E-state index in [1.165, 1.54) is 6.07 Å². The standard InChI is InChI=1S/C20H20ClF3N2OS/c1-4-26(3)12-25-18-8-13(2)16(10-17(18)21)19(27)11-28-15-7-5-6-14(9-15)20(22,23)24/h5-10,12H,4,11H2,1-3H3. The van der Waals surface area contributed by atoms with E-state index in [-0.39, 0.29) is 11.5 Å². The molecule has 0 fully saturated rings. The lowest BCUT2D eigenvalue weighted by molar-refractivity contribution is -0.137. The molecular formula is C20H20ClF3N2OS. The van der Waals surface area contributed by atoms with Gasteiger partial charge in [-0.05, 0) is 49.7 Å². The van der Waals surface area contributed by atoms with Crippen LogP contribution in [-0.2, 0) is 6.18 Å². The summed E-state index contributed by atoms with van der Waals surface area (Å²) in [5.41, 5.74) is 0.975. The number of thioether (sulfide) groups is 1. The van der Waals surface area contributed by atoms with E-state index >= 15 is 0 Å². The molecule has 0 N–H and O–H groups in total. The van der Waals surface area contributed by atoms with Crippen molar-refractivity contribution < 1.29 is 18.0 Å². The van der Waals surface area contributed by atoms with Gasteiger partial charge in [0.15, 0.2) is 5.78 Å². The highest BCUT2D eigenvalue weighted by molar-refractivity contribution is 8.00. The van der Waals surface area contributed by atoms with Crippen LogP contribution in [0.4, 0.5) is 18.9 Å². The summed E-state index contributed by atoms with van der Waals surface area (Å²) in [4.78, 5) is 19.1. The number of aryl methyl sites for hydroxylation is 1. The Morgan fingerprint density at radius 1 is 1.29 bits per heavy atom. The van der Waals surface area contributed by atoms with Crippen molar-refractivity contribution in [2.24, 2.45) is 4.99 Å². The van der Waals surface area contributed by atoms with E-state index in [0.29, 0.717) is 26.7 Å². The lowest BCUT2D eigenvalue weighted by Crippen LogP contribution is -2.14. The highest BCUT2D eigenvalue weighted by Crippen LogP contribution is 2.33. The summed E-state index contributed by atoms with van der Waals surface area (Å²) >= 11 is 7.30. The third-order valence-corrected chi connectivity index (χ3v) is 5.31. The first kappa shape index (κ1) is 22.3. The molecule has 0 heterocycles. The molecule has 8 heteroatoms. The van der Waals surface area contributed by atoms with Crippen LogP contribution in [0.5, 0.6) is 0 Å². The SMILES string of the molecule is CCN(C)C=Nc1cc(C)c(C(=O)CSc2cccc(C(F)(F)F)c2)cc1Cl. The Labute approximate surface area is 171 Å². The number of aliphatic imine (C=N–C) groups is 1. The van der Waals surface area contributed by atoms with Crippen molar-refractivity contribution in [3.8, 4) is 0 Å². The summed E-state index contributed by atoms with van der Waals surface area (Å²) in [6.07, 6.45) is -2.75. The molecule has 3 nitrogen and oxygen atoms in total. The van der Waals surface area contributed by atoms with Crippen LogP contribution in [0.3, 0.4) is 0 Å². The van der Waals surface area contributed by atoms with Gasteiger partial charge in [-0.15, -0.1) is 11.8 Å². The van der Waals surface area contributed by atoms with Crippen molar-refractivity contribution in [1.82, 2.24) is 4.90 Å². The van der Waals surface area contributed by atoms with Crippen LogP contribution in [0.2, 0.25) is 5.02 Å². The smallest absolute Gasteiger partial charge is 0.366 e. The Morgan fingerprint density at radius 3 is 2.64 bits per heavy atom. The fraction of sp³-hybridized carbons (Fsp3) is 0.300. The first-order chi connectivity index (χ1) is 13.1. The number of rotatable bonds is 7. The van der Waals surface area contributed by atoms with Crippen LogP contribution in [0.1, 0.15) is 28.4 Å². The lowest BCUT2D eigenvalue weighted by Gasteiger charge is -2.11. The van der Waals surface area contributed by atoms with Gasteiger partial charge in [-0.25, -0.2) is 4.99 Å². The molecule has 150 valence electrons. The Kier molecular flexibility index (Phi) is 7.55. The molecule has 0 radical (unpaired) electrons. The van der Waals surface area contributed by atoms with Crippen molar-refractivity contribution in [1.29, 1.82) is 0 Å². The summed E-state index contributed by atoms with van der Waals surface area (Å²) in [7, 11) is 1.88. The highest BCUT2D eigenvalue weighted by Gasteiger charge is 2.30. The number of carbonyl (C=O) groups is 1.